The molecule has 2 heterocycles. The number of anilines is 1. The second-order valence-electron chi connectivity index (χ2n) is 7.39. The normalized spacial score (nSPS) is 11.3. The number of amides is 2. The molecule has 0 fully saturated rings. The van der Waals surface area contributed by atoms with Crippen molar-refractivity contribution < 1.29 is 19.1 Å². The molecule has 4 aromatic rings. The van der Waals surface area contributed by atoms with Gasteiger partial charge in [-0.15, -0.1) is 11.3 Å². The summed E-state index contributed by atoms with van der Waals surface area (Å²) in [5.41, 5.74) is 1.61. The van der Waals surface area contributed by atoms with Gasteiger partial charge in [-0.05, 0) is 30.7 Å². The molecular formula is C25H21N5O4S. The molecule has 35 heavy (non-hydrogen) atoms. The first kappa shape index (κ1) is 23.7. The Morgan fingerprint density at radius 2 is 1.69 bits per heavy atom. The maximum atomic E-state index is 12.8. The largest absolute Gasteiger partial charge is 0.451 e. The summed E-state index contributed by atoms with van der Waals surface area (Å²) in [4.78, 5) is 49.9. The Labute approximate surface area is 205 Å². The molecule has 2 amide bonds. The summed E-state index contributed by atoms with van der Waals surface area (Å²) in [5, 5.41) is 7.53. The van der Waals surface area contributed by atoms with Crippen LogP contribution in [0, 0.1) is 0 Å². The highest BCUT2D eigenvalue weighted by molar-refractivity contribution is 7.13. The Balaban J connectivity index is 1.34. The van der Waals surface area contributed by atoms with E-state index in [-0.39, 0.29) is 17.6 Å². The molecule has 10 heteroatoms. The lowest BCUT2D eigenvalue weighted by molar-refractivity contribution is -0.119. The van der Waals surface area contributed by atoms with Crippen LogP contribution >= 0.6 is 11.3 Å². The van der Waals surface area contributed by atoms with Gasteiger partial charge in [0, 0.05) is 17.8 Å². The van der Waals surface area contributed by atoms with Crippen LogP contribution in [0.1, 0.15) is 39.4 Å². The fourth-order valence-corrected chi connectivity index (χ4v) is 3.89. The Kier molecular flexibility index (Phi) is 7.53. The van der Waals surface area contributed by atoms with Gasteiger partial charge in [-0.2, -0.15) is 0 Å². The molecule has 0 aliphatic heterocycles. The summed E-state index contributed by atoms with van der Waals surface area (Å²) >= 11 is 1.19. The second kappa shape index (κ2) is 11.1. The molecule has 0 aliphatic carbocycles. The lowest BCUT2D eigenvalue weighted by Crippen LogP contribution is -2.28. The Morgan fingerprint density at radius 3 is 2.46 bits per heavy atom. The average molecular weight is 488 g/mol. The quantitative estimate of drug-likeness (QED) is 0.362. The zero-order chi connectivity index (χ0) is 24.6. The average Bonchev–Trinajstić information content (AvgIpc) is 3.39. The fraction of sp³-hybridized carbons (Fsp3) is 0.120. The second-order valence-corrected chi connectivity index (χ2v) is 8.24. The number of rotatable bonds is 8. The van der Waals surface area contributed by atoms with Crippen molar-refractivity contribution in [2.75, 3.05) is 11.9 Å². The molecule has 4 rings (SSSR count). The van der Waals surface area contributed by atoms with Crippen molar-refractivity contribution in [1.29, 1.82) is 0 Å². The molecule has 0 saturated heterocycles. The summed E-state index contributed by atoms with van der Waals surface area (Å²) in [6.45, 7) is 1.34. The lowest BCUT2D eigenvalue weighted by Gasteiger charge is -2.16. The highest BCUT2D eigenvalue weighted by Crippen LogP contribution is 2.20. The predicted octanol–water partition coefficient (Wildman–Crippen LogP) is 3.89. The smallest absolute Gasteiger partial charge is 0.358 e. The number of aromatic nitrogens is 3. The van der Waals surface area contributed by atoms with E-state index >= 15 is 0 Å². The molecule has 0 aliphatic rings. The maximum absolute atomic E-state index is 12.8. The number of para-hydroxylation sites is 1. The molecule has 0 bridgehead atoms. The van der Waals surface area contributed by atoms with Crippen LogP contribution in [-0.4, -0.2) is 39.3 Å². The highest BCUT2D eigenvalue weighted by atomic mass is 32.1. The number of hydrogen-bond donors (Lipinski definition) is 2. The molecule has 1 unspecified atom stereocenters. The maximum Gasteiger partial charge on any atom is 0.358 e. The number of nitrogens with one attached hydrogen (secondary N) is 2. The zero-order valence-corrected chi connectivity index (χ0v) is 19.5. The lowest BCUT2D eigenvalue weighted by atomic mass is 10.1. The first-order valence-corrected chi connectivity index (χ1v) is 11.5. The van der Waals surface area contributed by atoms with Crippen LogP contribution < -0.4 is 10.6 Å². The van der Waals surface area contributed by atoms with Gasteiger partial charge in [0.05, 0.1) is 17.3 Å². The van der Waals surface area contributed by atoms with Crippen LogP contribution in [0.15, 0.2) is 78.4 Å². The SMILES string of the molecule is CC(NC(=O)c1ccccc1NC(=O)COC(=O)c1csc(-c2ncccn2)n1)c1ccccc1. The van der Waals surface area contributed by atoms with Gasteiger partial charge in [-0.1, -0.05) is 42.5 Å². The number of hydrogen-bond acceptors (Lipinski definition) is 8. The van der Waals surface area contributed by atoms with Crippen LogP contribution in [0.25, 0.3) is 10.8 Å². The minimum absolute atomic E-state index is 0.0555. The van der Waals surface area contributed by atoms with Crippen molar-refractivity contribution in [3.8, 4) is 10.8 Å². The number of nitrogens with zero attached hydrogens (tertiary/aromatic N) is 3. The van der Waals surface area contributed by atoms with Crippen molar-refractivity contribution in [3.05, 3.63) is 95.3 Å². The van der Waals surface area contributed by atoms with Gasteiger partial charge >= 0.3 is 5.97 Å². The van der Waals surface area contributed by atoms with Crippen LogP contribution in [0.2, 0.25) is 0 Å². The van der Waals surface area contributed by atoms with Gasteiger partial charge in [0.25, 0.3) is 11.8 Å². The van der Waals surface area contributed by atoms with Crippen molar-refractivity contribution in [1.82, 2.24) is 20.3 Å². The molecule has 176 valence electrons. The van der Waals surface area contributed by atoms with Gasteiger partial charge < -0.3 is 15.4 Å². The van der Waals surface area contributed by atoms with Crippen molar-refractivity contribution >= 4 is 34.8 Å². The number of carbonyl (C=O) groups excluding carboxylic acids is 3. The number of benzene rings is 2. The van der Waals surface area contributed by atoms with E-state index in [9.17, 15) is 14.4 Å². The molecule has 0 radical (unpaired) electrons. The van der Waals surface area contributed by atoms with Crippen LogP contribution in [0.3, 0.4) is 0 Å². The monoisotopic (exact) mass is 487 g/mol. The third kappa shape index (κ3) is 6.12. The molecule has 9 nitrogen and oxygen atoms in total. The summed E-state index contributed by atoms with van der Waals surface area (Å²) < 4.78 is 5.09. The van der Waals surface area contributed by atoms with Gasteiger partial charge in [0.2, 0.25) is 0 Å². The molecule has 2 aromatic heterocycles. The van der Waals surface area contributed by atoms with Gasteiger partial charge in [-0.3, -0.25) is 9.59 Å². The van der Waals surface area contributed by atoms with E-state index in [4.69, 9.17) is 4.74 Å². The van der Waals surface area contributed by atoms with Crippen LogP contribution in [0.4, 0.5) is 5.69 Å². The van der Waals surface area contributed by atoms with E-state index in [0.29, 0.717) is 22.1 Å². The standard InChI is InChI=1S/C25H21N5O4S/c1-16(17-8-3-2-4-9-17)28-23(32)18-10-5-6-11-19(18)29-21(31)14-34-25(33)20-15-35-24(30-20)22-26-12-7-13-27-22/h2-13,15-16H,14H2,1H3,(H,28,32)(H,29,31). The third-order valence-corrected chi connectivity index (χ3v) is 5.74. The molecule has 2 aromatic carbocycles. The Bertz CT molecular complexity index is 1330. The van der Waals surface area contributed by atoms with Crippen LogP contribution in [-0.2, 0) is 9.53 Å². The molecule has 0 saturated carbocycles. The topological polar surface area (TPSA) is 123 Å². The Morgan fingerprint density at radius 1 is 0.971 bits per heavy atom. The highest BCUT2D eigenvalue weighted by Gasteiger charge is 2.18. The first-order valence-electron chi connectivity index (χ1n) is 10.7. The summed E-state index contributed by atoms with van der Waals surface area (Å²) in [5.74, 6) is -1.28. The minimum atomic E-state index is -0.749. The predicted molar refractivity (Wildman–Crippen MR) is 131 cm³/mol. The summed E-state index contributed by atoms with van der Waals surface area (Å²) in [6.07, 6.45) is 3.15. The number of esters is 1. The van der Waals surface area contributed by atoms with Gasteiger partial charge in [0.15, 0.2) is 23.1 Å². The van der Waals surface area contributed by atoms with E-state index in [1.54, 1.807) is 42.7 Å². The number of carbonyl (C=O) groups is 3. The minimum Gasteiger partial charge on any atom is -0.451 e. The zero-order valence-electron chi connectivity index (χ0n) is 18.7. The molecular weight excluding hydrogens is 466 g/mol. The number of ether oxygens (including phenoxy) is 1. The summed E-state index contributed by atoms with van der Waals surface area (Å²) in [6, 6.07) is 17.6. The molecule has 1 atom stereocenters. The summed E-state index contributed by atoms with van der Waals surface area (Å²) in [7, 11) is 0. The van der Waals surface area contributed by atoms with E-state index in [1.807, 2.05) is 37.3 Å². The third-order valence-electron chi connectivity index (χ3n) is 4.90. The van der Waals surface area contributed by atoms with Crippen molar-refractivity contribution in [2.45, 2.75) is 13.0 Å². The van der Waals surface area contributed by atoms with Crippen LogP contribution in [0.5, 0.6) is 0 Å². The van der Waals surface area contributed by atoms with E-state index < -0.39 is 18.5 Å². The van der Waals surface area contributed by atoms with E-state index in [2.05, 4.69) is 25.6 Å². The van der Waals surface area contributed by atoms with Crippen molar-refractivity contribution in [3.63, 3.8) is 0 Å². The Hall–Kier alpha value is -4.44. The van der Waals surface area contributed by atoms with Gasteiger partial charge in [0.1, 0.15) is 0 Å². The number of thiazole rings is 1. The van der Waals surface area contributed by atoms with E-state index in [0.717, 1.165) is 5.56 Å². The van der Waals surface area contributed by atoms with E-state index in [1.165, 1.54) is 16.7 Å². The van der Waals surface area contributed by atoms with Crippen molar-refractivity contribution in [2.24, 2.45) is 0 Å². The molecule has 2 N–H and O–H groups in total. The van der Waals surface area contributed by atoms with Gasteiger partial charge in [-0.25, -0.2) is 19.7 Å². The molecule has 0 spiro atoms. The fourth-order valence-electron chi connectivity index (χ4n) is 3.16. The first-order chi connectivity index (χ1) is 17.0.